The highest BCUT2D eigenvalue weighted by atomic mass is 19.1. The van der Waals surface area contributed by atoms with Crippen molar-refractivity contribution in [2.24, 2.45) is 0 Å². The number of carbonyl (C=O) groups excluding carboxylic acids is 2. The first-order valence-corrected chi connectivity index (χ1v) is 9.68. The molecule has 0 aliphatic carbocycles. The van der Waals surface area contributed by atoms with Gasteiger partial charge in [-0.2, -0.15) is 0 Å². The zero-order valence-electron chi connectivity index (χ0n) is 16.6. The molecule has 1 heterocycles. The van der Waals surface area contributed by atoms with Crippen LogP contribution in [0.2, 0.25) is 0 Å². The van der Waals surface area contributed by atoms with E-state index in [1.54, 1.807) is 0 Å². The molecule has 2 aromatic rings. The fourth-order valence-corrected chi connectivity index (χ4v) is 3.22. The molecule has 6 nitrogen and oxygen atoms in total. The zero-order chi connectivity index (χ0) is 20.8. The summed E-state index contributed by atoms with van der Waals surface area (Å²) in [5.41, 5.74) is 1.47. The van der Waals surface area contributed by atoms with Crippen LogP contribution in [0, 0.1) is 5.82 Å². The fraction of sp³-hybridized carbons (Fsp3) is 0.364. The number of benzene rings is 2. The van der Waals surface area contributed by atoms with E-state index in [2.05, 4.69) is 10.2 Å². The lowest BCUT2D eigenvalue weighted by Crippen LogP contribution is -2.30. The summed E-state index contributed by atoms with van der Waals surface area (Å²) in [7, 11) is 1.40. The van der Waals surface area contributed by atoms with Gasteiger partial charge in [0.25, 0.3) is 5.91 Å². The van der Waals surface area contributed by atoms with Crippen LogP contribution >= 0.6 is 0 Å². The third-order valence-electron chi connectivity index (χ3n) is 4.91. The summed E-state index contributed by atoms with van der Waals surface area (Å²) >= 11 is 0. The van der Waals surface area contributed by atoms with Crippen molar-refractivity contribution >= 4 is 23.3 Å². The quantitative estimate of drug-likeness (QED) is 0.742. The van der Waals surface area contributed by atoms with Crippen LogP contribution in [0.3, 0.4) is 0 Å². The van der Waals surface area contributed by atoms with Gasteiger partial charge in [-0.05, 0) is 62.6 Å². The summed E-state index contributed by atoms with van der Waals surface area (Å²) in [6.45, 7) is 3.53. The molecule has 0 bridgehead atoms. The molecule has 1 fully saturated rings. The number of halogens is 1. The van der Waals surface area contributed by atoms with Crippen molar-refractivity contribution < 1.29 is 23.5 Å². The maximum Gasteiger partial charge on any atom is 0.341 e. The molecule has 7 heteroatoms. The number of hydrogen-bond donors (Lipinski definition) is 1. The number of amides is 1. The lowest BCUT2D eigenvalue weighted by Gasteiger charge is -2.28. The molecule has 0 unspecified atom stereocenters. The Kier molecular flexibility index (Phi) is 6.69. The Morgan fingerprint density at radius 1 is 1.07 bits per heavy atom. The molecule has 1 aliphatic rings. The summed E-state index contributed by atoms with van der Waals surface area (Å²) in [6, 6.07) is 11.4. The lowest BCUT2D eigenvalue weighted by atomic mass is 10.1. The molecule has 1 aliphatic heterocycles. The number of esters is 1. The van der Waals surface area contributed by atoms with Crippen molar-refractivity contribution in [3.05, 3.63) is 53.8 Å². The molecule has 1 amide bonds. The van der Waals surface area contributed by atoms with Gasteiger partial charge in [-0.25, -0.2) is 9.18 Å². The predicted molar refractivity (Wildman–Crippen MR) is 109 cm³/mol. The highest BCUT2D eigenvalue weighted by molar-refractivity contribution is 5.97. The first-order chi connectivity index (χ1) is 14.0. The van der Waals surface area contributed by atoms with E-state index in [-0.39, 0.29) is 11.3 Å². The van der Waals surface area contributed by atoms with Crippen molar-refractivity contribution in [3.63, 3.8) is 0 Å². The van der Waals surface area contributed by atoms with Gasteiger partial charge in [0.15, 0.2) is 6.10 Å². The largest absolute Gasteiger partial charge is 0.497 e. The number of carbonyl (C=O) groups is 2. The Balaban J connectivity index is 1.56. The summed E-state index contributed by atoms with van der Waals surface area (Å²) < 4.78 is 24.0. The number of anilines is 2. The molecule has 0 spiro atoms. The van der Waals surface area contributed by atoms with Gasteiger partial charge >= 0.3 is 5.97 Å². The Morgan fingerprint density at radius 2 is 1.76 bits per heavy atom. The maximum atomic E-state index is 14.0. The Morgan fingerprint density at radius 3 is 2.38 bits per heavy atom. The molecule has 1 N–H and O–H groups in total. The first kappa shape index (κ1) is 20.6. The van der Waals surface area contributed by atoms with E-state index in [0.717, 1.165) is 24.8 Å². The summed E-state index contributed by atoms with van der Waals surface area (Å²) in [5.74, 6) is -1.88. The molecular weight excluding hydrogens is 375 g/mol. The van der Waals surface area contributed by atoms with Crippen molar-refractivity contribution in [2.45, 2.75) is 32.3 Å². The average Bonchev–Trinajstić information content (AvgIpc) is 2.74. The van der Waals surface area contributed by atoms with E-state index >= 15 is 0 Å². The number of hydrogen-bond acceptors (Lipinski definition) is 5. The van der Waals surface area contributed by atoms with Crippen LogP contribution in [0.1, 0.15) is 36.5 Å². The van der Waals surface area contributed by atoms with Crippen molar-refractivity contribution in [2.75, 3.05) is 30.4 Å². The standard InChI is InChI=1S/C22H25FN2O4/c1-15(29-22(27)19-11-10-18(28-2)14-20(19)23)21(26)24-16-6-8-17(9-7-16)25-12-4-3-5-13-25/h6-11,14-15H,3-5,12-13H2,1-2H3,(H,24,26)/t15-/m1/s1. The van der Waals surface area contributed by atoms with Crippen molar-refractivity contribution in [1.29, 1.82) is 0 Å². The van der Waals surface area contributed by atoms with Gasteiger partial charge in [0.05, 0.1) is 12.7 Å². The van der Waals surface area contributed by atoms with E-state index in [0.29, 0.717) is 5.69 Å². The van der Waals surface area contributed by atoms with Gasteiger partial charge in [-0.15, -0.1) is 0 Å². The summed E-state index contributed by atoms with van der Waals surface area (Å²) in [5, 5.41) is 2.71. The topological polar surface area (TPSA) is 67.9 Å². The molecule has 154 valence electrons. The lowest BCUT2D eigenvalue weighted by molar-refractivity contribution is -0.123. The number of nitrogens with one attached hydrogen (secondary N) is 1. The Bertz CT molecular complexity index is 864. The average molecular weight is 400 g/mol. The van der Waals surface area contributed by atoms with Crippen LogP contribution in [-0.4, -0.2) is 38.2 Å². The van der Waals surface area contributed by atoms with E-state index in [4.69, 9.17) is 9.47 Å². The molecule has 3 rings (SSSR count). The Labute approximate surface area is 169 Å². The molecule has 0 aromatic heterocycles. The Hall–Kier alpha value is -3.09. The van der Waals surface area contributed by atoms with E-state index in [9.17, 15) is 14.0 Å². The minimum atomic E-state index is -1.08. The monoisotopic (exact) mass is 400 g/mol. The molecule has 29 heavy (non-hydrogen) atoms. The number of ether oxygens (including phenoxy) is 2. The van der Waals surface area contributed by atoms with Crippen LogP contribution < -0.4 is 15.0 Å². The van der Waals surface area contributed by atoms with Crippen LogP contribution in [0.25, 0.3) is 0 Å². The first-order valence-electron chi connectivity index (χ1n) is 9.68. The third kappa shape index (κ3) is 5.25. The molecule has 1 atom stereocenters. The number of piperidine rings is 1. The van der Waals surface area contributed by atoms with Crippen molar-refractivity contribution in [1.82, 2.24) is 0 Å². The van der Waals surface area contributed by atoms with Crippen LogP contribution in [0.15, 0.2) is 42.5 Å². The molecule has 0 radical (unpaired) electrons. The second-order valence-electron chi connectivity index (χ2n) is 6.98. The second kappa shape index (κ2) is 9.41. The van der Waals surface area contributed by atoms with E-state index in [1.807, 2.05) is 24.3 Å². The zero-order valence-corrected chi connectivity index (χ0v) is 16.6. The smallest absolute Gasteiger partial charge is 0.341 e. The molecule has 0 saturated carbocycles. The summed E-state index contributed by atoms with van der Waals surface area (Å²) in [6.07, 6.45) is 2.57. The summed E-state index contributed by atoms with van der Waals surface area (Å²) in [4.78, 5) is 26.8. The molecule has 1 saturated heterocycles. The van der Waals surface area contributed by atoms with Crippen molar-refractivity contribution in [3.8, 4) is 5.75 Å². The van der Waals surface area contributed by atoms with E-state index < -0.39 is 23.8 Å². The van der Waals surface area contributed by atoms with E-state index in [1.165, 1.54) is 45.4 Å². The SMILES string of the molecule is COc1ccc(C(=O)O[C@H](C)C(=O)Nc2ccc(N3CCCCC3)cc2)c(F)c1. The van der Waals surface area contributed by atoms with Gasteiger partial charge in [0.1, 0.15) is 11.6 Å². The van der Waals surface area contributed by atoms with Gasteiger partial charge in [-0.1, -0.05) is 0 Å². The predicted octanol–water partition coefficient (Wildman–Crippen LogP) is 4.01. The second-order valence-corrected chi connectivity index (χ2v) is 6.98. The minimum absolute atomic E-state index is 0.253. The number of rotatable bonds is 6. The maximum absolute atomic E-state index is 14.0. The number of nitrogens with zero attached hydrogens (tertiary/aromatic N) is 1. The van der Waals surface area contributed by atoms with Crippen LogP contribution in [-0.2, 0) is 9.53 Å². The van der Waals surface area contributed by atoms with Gasteiger partial charge in [0, 0.05) is 30.5 Å². The highest BCUT2D eigenvalue weighted by Crippen LogP contribution is 2.22. The normalized spacial score (nSPS) is 14.8. The van der Waals surface area contributed by atoms with Gasteiger partial charge in [-0.3, -0.25) is 4.79 Å². The molecule has 2 aromatic carbocycles. The van der Waals surface area contributed by atoms with Crippen LogP contribution in [0.5, 0.6) is 5.75 Å². The van der Waals surface area contributed by atoms with Gasteiger partial charge < -0.3 is 19.7 Å². The molecular formula is C22H25FN2O4. The van der Waals surface area contributed by atoms with Crippen LogP contribution in [0.4, 0.5) is 15.8 Å². The minimum Gasteiger partial charge on any atom is -0.497 e. The number of methoxy groups -OCH3 is 1. The van der Waals surface area contributed by atoms with Gasteiger partial charge in [0.2, 0.25) is 0 Å². The highest BCUT2D eigenvalue weighted by Gasteiger charge is 2.22. The third-order valence-corrected chi connectivity index (χ3v) is 4.91. The fourth-order valence-electron chi connectivity index (χ4n) is 3.22.